The van der Waals surface area contributed by atoms with Crippen molar-refractivity contribution in [3.05, 3.63) is 29.6 Å². The van der Waals surface area contributed by atoms with Crippen molar-refractivity contribution in [2.45, 2.75) is 12.2 Å². The van der Waals surface area contributed by atoms with E-state index in [0.717, 1.165) is 12.3 Å². The first-order valence-corrected chi connectivity index (χ1v) is 4.43. The van der Waals surface area contributed by atoms with E-state index in [0.29, 0.717) is 5.56 Å². The van der Waals surface area contributed by atoms with Gasteiger partial charge in [0.1, 0.15) is 12.3 Å². The van der Waals surface area contributed by atoms with E-state index in [1.54, 1.807) is 0 Å². The maximum atomic E-state index is 12.2. The lowest BCUT2D eigenvalue weighted by Crippen LogP contribution is -2.19. The van der Waals surface area contributed by atoms with E-state index in [-0.39, 0.29) is 6.61 Å². The number of cyclic esters (lactones) is 1. The number of amides is 1. The summed E-state index contributed by atoms with van der Waals surface area (Å²) in [6, 6.07) is 1.72. The van der Waals surface area contributed by atoms with Crippen molar-refractivity contribution in [1.82, 2.24) is 10.3 Å². The molecule has 7 heteroatoms. The highest BCUT2D eigenvalue weighted by Crippen LogP contribution is 2.28. The van der Waals surface area contributed by atoms with Crippen LogP contribution >= 0.6 is 0 Å². The third-order valence-electron chi connectivity index (χ3n) is 2.15. The molecule has 1 aliphatic rings. The number of ether oxygens (including phenoxy) is 1. The SMILES string of the molecule is O=C1NC(c2ccc(C(F)(F)F)nc2)CO1. The van der Waals surface area contributed by atoms with Crippen molar-refractivity contribution in [3.8, 4) is 0 Å². The average Bonchev–Trinajstić information content (AvgIpc) is 2.64. The lowest BCUT2D eigenvalue weighted by Gasteiger charge is -2.09. The van der Waals surface area contributed by atoms with Crippen molar-refractivity contribution < 1.29 is 22.7 Å². The molecule has 4 nitrogen and oxygen atoms in total. The van der Waals surface area contributed by atoms with Crippen LogP contribution in [-0.2, 0) is 10.9 Å². The number of carbonyl (C=O) groups is 1. The predicted octanol–water partition coefficient (Wildman–Crippen LogP) is 1.88. The molecule has 1 aromatic rings. The van der Waals surface area contributed by atoms with E-state index >= 15 is 0 Å². The van der Waals surface area contributed by atoms with E-state index in [9.17, 15) is 18.0 Å². The van der Waals surface area contributed by atoms with Gasteiger partial charge in [0.15, 0.2) is 0 Å². The molecule has 0 spiro atoms. The number of hydrogen-bond donors (Lipinski definition) is 1. The summed E-state index contributed by atoms with van der Waals surface area (Å²) in [6.45, 7) is 0.103. The highest BCUT2D eigenvalue weighted by Gasteiger charge is 2.32. The molecule has 1 aromatic heterocycles. The predicted molar refractivity (Wildman–Crippen MR) is 46.5 cm³/mol. The molecule has 16 heavy (non-hydrogen) atoms. The minimum Gasteiger partial charge on any atom is -0.447 e. The molecule has 1 unspecified atom stereocenters. The number of rotatable bonds is 1. The molecular weight excluding hydrogens is 225 g/mol. The zero-order valence-electron chi connectivity index (χ0n) is 7.91. The summed E-state index contributed by atoms with van der Waals surface area (Å²) in [5.74, 6) is 0. The summed E-state index contributed by atoms with van der Waals surface area (Å²) < 4.78 is 41.2. The molecule has 1 fully saturated rings. The molecule has 0 aliphatic carbocycles. The van der Waals surface area contributed by atoms with Gasteiger partial charge in [-0.1, -0.05) is 6.07 Å². The summed E-state index contributed by atoms with van der Waals surface area (Å²) in [4.78, 5) is 14.0. The highest BCUT2D eigenvalue weighted by molar-refractivity contribution is 5.70. The molecule has 0 radical (unpaired) electrons. The summed E-state index contributed by atoms with van der Waals surface area (Å²) in [5.41, 5.74) is -0.472. The van der Waals surface area contributed by atoms with E-state index < -0.39 is 24.0 Å². The summed E-state index contributed by atoms with van der Waals surface area (Å²) in [5, 5.41) is 2.45. The Balaban J connectivity index is 2.17. The Morgan fingerprint density at radius 3 is 2.62 bits per heavy atom. The van der Waals surface area contributed by atoms with Crippen molar-refractivity contribution in [1.29, 1.82) is 0 Å². The van der Waals surface area contributed by atoms with Crippen LogP contribution < -0.4 is 5.32 Å². The van der Waals surface area contributed by atoms with E-state index in [1.165, 1.54) is 6.07 Å². The molecule has 1 saturated heterocycles. The number of alkyl halides is 3. The van der Waals surface area contributed by atoms with E-state index in [4.69, 9.17) is 0 Å². The van der Waals surface area contributed by atoms with Gasteiger partial charge in [0, 0.05) is 6.20 Å². The lowest BCUT2D eigenvalue weighted by atomic mass is 10.1. The Morgan fingerprint density at radius 2 is 2.19 bits per heavy atom. The number of halogens is 3. The van der Waals surface area contributed by atoms with Crippen LogP contribution in [0.3, 0.4) is 0 Å². The normalized spacial score (nSPS) is 20.4. The van der Waals surface area contributed by atoms with Gasteiger partial charge in [-0.2, -0.15) is 13.2 Å². The van der Waals surface area contributed by atoms with Crippen molar-refractivity contribution in [2.75, 3.05) is 6.61 Å². The van der Waals surface area contributed by atoms with Crippen LogP contribution in [0.5, 0.6) is 0 Å². The standard InChI is InChI=1S/C9H7F3N2O2/c10-9(11,12)7-2-1-5(3-13-7)6-4-16-8(15)14-6/h1-3,6H,4H2,(H,14,15). The highest BCUT2D eigenvalue weighted by atomic mass is 19.4. The minimum atomic E-state index is -4.45. The summed E-state index contributed by atoms with van der Waals surface area (Å²) in [7, 11) is 0. The quantitative estimate of drug-likeness (QED) is 0.804. The van der Waals surface area contributed by atoms with Gasteiger partial charge in [0.25, 0.3) is 0 Å². The largest absolute Gasteiger partial charge is 0.447 e. The summed E-state index contributed by atoms with van der Waals surface area (Å²) >= 11 is 0. The average molecular weight is 232 g/mol. The number of pyridine rings is 1. The number of hydrogen-bond acceptors (Lipinski definition) is 3. The Labute approximate surface area is 88.4 Å². The van der Waals surface area contributed by atoms with Gasteiger partial charge in [-0.05, 0) is 11.6 Å². The van der Waals surface area contributed by atoms with Crippen molar-refractivity contribution >= 4 is 6.09 Å². The van der Waals surface area contributed by atoms with Crippen molar-refractivity contribution in [2.24, 2.45) is 0 Å². The van der Waals surface area contributed by atoms with Crippen LogP contribution in [-0.4, -0.2) is 17.7 Å². The van der Waals surface area contributed by atoms with Gasteiger partial charge in [-0.3, -0.25) is 4.98 Å². The molecule has 1 atom stereocenters. The Bertz CT molecular complexity index is 402. The zero-order valence-corrected chi connectivity index (χ0v) is 7.91. The fourth-order valence-corrected chi connectivity index (χ4v) is 1.34. The molecule has 1 amide bonds. The molecule has 0 aromatic carbocycles. The second-order valence-corrected chi connectivity index (χ2v) is 3.27. The van der Waals surface area contributed by atoms with Crippen LogP contribution in [0.2, 0.25) is 0 Å². The summed E-state index contributed by atoms with van der Waals surface area (Å²) in [6.07, 6.45) is -3.94. The lowest BCUT2D eigenvalue weighted by molar-refractivity contribution is -0.141. The van der Waals surface area contributed by atoms with Crippen LogP contribution in [0.25, 0.3) is 0 Å². The van der Waals surface area contributed by atoms with Crippen LogP contribution in [0.15, 0.2) is 18.3 Å². The van der Waals surface area contributed by atoms with Gasteiger partial charge in [-0.15, -0.1) is 0 Å². The minimum absolute atomic E-state index is 0.103. The van der Waals surface area contributed by atoms with Crippen LogP contribution in [0, 0.1) is 0 Å². The number of nitrogens with zero attached hydrogens (tertiary/aromatic N) is 1. The first-order chi connectivity index (χ1) is 7.47. The molecular formula is C9H7F3N2O2. The van der Waals surface area contributed by atoms with Gasteiger partial charge >= 0.3 is 12.3 Å². The third kappa shape index (κ3) is 2.07. The number of nitrogens with one attached hydrogen (secondary N) is 1. The molecule has 2 rings (SSSR count). The fraction of sp³-hybridized carbons (Fsp3) is 0.333. The molecule has 0 bridgehead atoms. The molecule has 86 valence electrons. The van der Waals surface area contributed by atoms with Crippen LogP contribution in [0.1, 0.15) is 17.3 Å². The molecule has 0 saturated carbocycles. The molecule has 2 heterocycles. The van der Waals surface area contributed by atoms with Gasteiger partial charge in [-0.25, -0.2) is 4.79 Å². The fourth-order valence-electron chi connectivity index (χ4n) is 1.34. The Hall–Kier alpha value is -1.79. The topological polar surface area (TPSA) is 51.2 Å². The molecule has 1 aliphatic heterocycles. The maximum Gasteiger partial charge on any atom is 0.433 e. The third-order valence-corrected chi connectivity index (χ3v) is 2.15. The van der Waals surface area contributed by atoms with Gasteiger partial charge in [0.2, 0.25) is 0 Å². The number of alkyl carbamates (subject to hydrolysis) is 1. The maximum absolute atomic E-state index is 12.2. The second kappa shape index (κ2) is 3.66. The van der Waals surface area contributed by atoms with Gasteiger partial charge in [0.05, 0.1) is 6.04 Å². The number of aromatic nitrogens is 1. The Kier molecular flexibility index (Phi) is 2.45. The van der Waals surface area contributed by atoms with E-state index in [2.05, 4.69) is 15.0 Å². The molecule has 1 N–H and O–H groups in total. The zero-order chi connectivity index (χ0) is 11.8. The Morgan fingerprint density at radius 1 is 1.44 bits per heavy atom. The monoisotopic (exact) mass is 232 g/mol. The smallest absolute Gasteiger partial charge is 0.433 e. The first-order valence-electron chi connectivity index (χ1n) is 4.43. The van der Waals surface area contributed by atoms with Gasteiger partial charge < -0.3 is 10.1 Å². The second-order valence-electron chi connectivity index (χ2n) is 3.27. The number of carbonyl (C=O) groups excluding carboxylic acids is 1. The van der Waals surface area contributed by atoms with E-state index in [1.807, 2.05) is 0 Å². The van der Waals surface area contributed by atoms with Crippen LogP contribution in [0.4, 0.5) is 18.0 Å². The first kappa shape index (κ1) is 10.7. The van der Waals surface area contributed by atoms with Crippen molar-refractivity contribution in [3.63, 3.8) is 0 Å².